The maximum absolute atomic E-state index is 12.7. The Morgan fingerprint density at radius 1 is 1.30 bits per heavy atom. The first kappa shape index (κ1) is 12.6. The van der Waals surface area contributed by atoms with Gasteiger partial charge in [-0.15, -0.1) is 0 Å². The van der Waals surface area contributed by atoms with Crippen molar-refractivity contribution in [2.45, 2.75) is 19.9 Å². The molecule has 102 valence electrons. The van der Waals surface area contributed by atoms with Gasteiger partial charge in [0.2, 0.25) is 23.5 Å². The van der Waals surface area contributed by atoms with Crippen molar-refractivity contribution in [2.24, 2.45) is 12.2 Å². The molecule has 1 aromatic heterocycles. The molecule has 0 bridgehead atoms. The van der Waals surface area contributed by atoms with Crippen LogP contribution < -0.4 is 4.57 Å². The van der Waals surface area contributed by atoms with Gasteiger partial charge in [0.05, 0.1) is 13.6 Å². The van der Waals surface area contributed by atoms with E-state index >= 15 is 0 Å². The van der Waals surface area contributed by atoms with Gasteiger partial charge in [-0.05, 0) is 6.42 Å². The fraction of sp³-hybridized carbons (Fsp3) is 0.267. The maximum Gasteiger partial charge on any atom is 0.244 e. The van der Waals surface area contributed by atoms with Crippen molar-refractivity contribution >= 4 is 11.5 Å². The van der Waals surface area contributed by atoms with Crippen molar-refractivity contribution in [3.8, 4) is 0 Å². The minimum absolute atomic E-state index is 0.0166. The van der Waals surface area contributed by atoms with Crippen LogP contribution in [0.4, 0.5) is 0 Å². The minimum atomic E-state index is -0.0166. The number of carbonyl (C=O) groups is 1. The van der Waals surface area contributed by atoms with Crippen LogP contribution in [0.15, 0.2) is 35.7 Å². The van der Waals surface area contributed by atoms with Crippen LogP contribution in [0.3, 0.4) is 0 Å². The van der Waals surface area contributed by atoms with E-state index in [0.717, 1.165) is 13.0 Å². The minimum Gasteiger partial charge on any atom is -0.410 e. The Morgan fingerprint density at radius 2 is 2.00 bits per heavy atom. The molecule has 1 aromatic carbocycles. The van der Waals surface area contributed by atoms with E-state index in [0.29, 0.717) is 28.2 Å². The van der Waals surface area contributed by atoms with Crippen LogP contribution in [0, 0.1) is 0 Å². The molecule has 20 heavy (non-hydrogen) atoms. The first-order valence-corrected chi connectivity index (χ1v) is 6.64. The third-order valence-corrected chi connectivity index (χ3v) is 3.61. The van der Waals surface area contributed by atoms with Crippen LogP contribution in [0.2, 0.25) is 0 Å². The molecule has 0 amide bonds. The van der Waals surface area contributed by atoms with Gasteiger partial charge < -0.3 is 5.21 Å². The van der Waals surface area contributed by atoms with E-state index in [2.05, 4.69) is 12.1 Å². The Kier molecular flexibility index (Phi) is 2.89. The molecule has 0 radical (unpaired) electrons. The number of oxime groups is 1. The third kappa shape index (κ3) is 1.59. The van der Waals surface area contributed by atoms with Gasteiger partial charge in [0.25, 0.3) is 0 Å². The summed E-state index contributed by atoms with van der Waals surface area (Å²) in [4.78, 5) is 12.7. The van der Waals surface area contributed by atoms with Gasteiger partial charge in [0, 0.05) is 11.1 Å². The van der Waals surface area contributed by atoms with Crippen molar-refractivity contribution < 1.29 is 14.6 Å². The number of carbonyl (C=O) groups excluding carboxylic acids is 1. The van der Waals surface area contributed by atoms with Gasteiger partial charge >= 0.3 is 0 Å². The lowest BCUT2D eigenvalue weighted by Gasteiger charge is -2.14. The van der Waals surface area contributed by atoms with E-state index in [9.17, 15) is 10.0 Å². The number of nitrogens with zero attached hydrogens (tertiary/aromatic N) is 3. The molecular weight excluding hydrogens is 254 g/mol. The van der Waals surface area contributed by atoms with Crippen LogP contribution in [-0.2, 0) is 13.6 Å². The fourth-order valence-electron chi connectivity index (χ4n) is 2.80. The molecule has 0 saturated carbocycles. The lowest BCUT2D eigenvalue weighted by Crippen LogP contribution is -2.37. The van der Waals surface area contributed by atoms with Crippen LogP contribution in [-0.4, -0.2) is 21.3 Å². The van der Waals surface area contributed by atoms with Gasteiger partial charge in [-0.1, -0.05) is 36.3 Å². The second kappa shape index (κ2) is 4.59. The summed E-state index contributed by atoms with van der Waals surface area (Å²) in [6.45, 7) is 2.82. The highest BCUT2D eigenvalue weighted by Gasteiger charge is 2.38. The Hall–Kier alpha value is -2.43. The number of aromatic nitrogens is 2. The summed E-state index contributed by atoms with van der Waals surface area (Å²) in [5.74, 6) is -0.0166. The van der Waals surface area contributed by atoms with E-state index in [1.807, 2.05) is 40.7 Å². The highest BCUT2D eigenvalue weighted by molar-refractivity contribution is 6.28. The largest absolute Gasteiger partial charge is 0.410 e. The molecule has 5 nitrogen and oxygen atoms in total. The van der Waals surface area contributed by atoms with Gasteiger partial charge in [-0.3, -0.25) is 4.79 Å². The summed E-state index contributed by atoms with van der Waals surface area (Å²) in [5, 5.41) is 12.8. The summed E-state index contributed by atoms with van der Waals surface area (Å²) in [6.07, 6.45) is 2.81. The molecule has 0 atom stereocenters. The standard InChI is InChI=1S/C15H15N3O2/c1-3-8-18-9-17(2)13-12(16-20)10-6-4-5-7-11(10)15(19)14(13)18/h4-7,9H,3,8H2,1-2H3/p+1. The molecule has 0 fully saturated rings. The first-order valence-electron chi connectivity index (χ1n) is 6.64. The van der Waals surface area contributed by atoms with Crippen molar-refractivity contribution in [3.63, 3.8) is 0 Å². The Morgan fingerprint density at radius 3 is 2.65 bits per heavy atom. The predicted molar refractivity (Wildman–Crippen MR) is 73.2 cm³/mol. The zero-order valence-electron chi connectivity index (χ0n) is 11.5. The molecule has 1 heterocycles. The molecule has 0 unspecified atom stereocenters. The summed E-state index contributed by atoms with van der Waals surface area (Å²) in [7, 11) is 1.86. The quantitative estimate of drug-likeness (QED) is 0.436. The van der Waals surface area contributed by atoms with E-state index in [1.54, 1.807) is 6.07 Å². The topological polar surface area (TPSA) is 58.5 Å². The number of imidazole rings is 1. The van der Waals surface area contributed by atoms with E-state index in [1.165, 1.54) is 0 Å². The molecular formula is C15H16N3O2+. The average Bonchev–Trinajstić information content (AvgIpc) is 2.78. The van der Waals surface area contributed by atoms with Crippen molar-refractivity contribution in [3.05, 3.63) is 53.1 Å². The molecule has 0 spiro atoms. The Balaban J connectivity index is 2.32. The smallest absolute Gasteiger partial charge is 0.244 e. The zero-order chi connectivity index (χ0) is 14.3. The second-order valence-corrected chi connectivity index (χ2v) is 4.94. The second-order valence-electron chi connectivity index (χ2n) is 4.94. The number of rotatable bonds is 2. The molecule has 1 aliphatic carbocycles. The summed E-state index contributed by atoms with van der Waals surface area (Å²) in [5.41, 5.74) is 2.99. The number of benzene rings is 1. The number of fused-ring (bicyclic) bond motifs is 2. The number of ketones is 1. The maximum atomic E-state index is 12.7. The highest BCUT2D eigenvalue weighted by Crippen LogP contribution is 2.26. The molecule has 1 aliphatic rings. The highest BCUT2D eigenvalue weighted by atomic mass is 16.4. The zero-order valence-corrected chi connectivity index (χ0v) is 11.5. The van der Waals surface area contributed by atoms with Crippen molar-refractivity contribution in [2.75, 3.05) is 0 Å². The van der Waals surface area contributed by atoms with E-state index in [4.69, 9.17) is 0 Å². The van der Waals surface area contributed by atoms with Gasteiger partial charge in [0.15, 0.2) is 5.71 Å². The average molecular weight is 270 g/mol. The van der Waals surface area contributed by atoms with E-state index in [-0.39, 0.29) is 5.78 Å². The summed E-state index contributed by atoms with van der Waals surface area (Å²) >= 11 is 0. The molecule has 1 N–H and O–H groups in total. The Labute approximate surface area is 116 Å². The lowest BCUT2D eigenvalue weighted by atomic mass is 9.89. The van der Waals surface area contributed by atoms with Gasteiger partial charge in [-0.25, -0.2) is 9.13 Å². The monoisotopic (exact) mass is 270 g/mol. The van der Waals surface area contributed by atoms with Crippen molar-refractivity contribution in [1.82, 2.24) is 4.57 Å². The van der Waals surface area contributed by atoms with Crippen molar-refractivity contribution in [1.29, 1.82) is 0 Å². The fourth-order valence-corrected chi connectivity index (χ4v) is 2.80. The number of hydrogen-bond donors (Lipinski definition) is 1. The van der Waals surface area contributed by atoms with Crippen LogP contribution in [0.1, 0.15) is 40.7 Å². The number of hydrogen-bond acceptors (Lipinski definition) is 3. The van der Waals surface area contributed by atoms with Crippen LogP contribution in [0.25, 0.3) is 0 Å². The van der Waals surface area contributed by atoms with Crippen LogP contribution >= 0.6 is 0 Å². The SMILES string of the molecule is CCCn1c[n+](C)c2c1C(=O)c1ccccc1/C2=N/O. The van der Waals surface area contributed by atoms with Gasteiger partial charge in [-0.2, -0.15) is 0 Å². The molecule has 3 rings (SSSR count). The third-order valence-electron chi connectivity index (χ3n) is 3.61. The molecule has 0 saturated heterocycles. The predicted octanol–water partition coefficient (Wildman–Crippen LogP) is 1.49. The normalized spacial score (nSPS) is 15.3. The van der Waals surface area contributed by atoms with E-state index < -0.39 is 0 Å². The van der Waals surface area contributed by atoms with Gasteiger partial charge in [0.1, 0.15) is 0 Å². The molecule has 2 aromatic rings. The summed E-state index contributed by atoms with van der Waals surface area (Å²) in [6, 6.07) is 7.24. The summed E-state index contributed by atoms with van der Waals surface area (Å²) < 4.78 is 3.77. The molecule has 0 aliphatic heterocycles. The molecule has 5 heteroatoms. The lowest BCUT2D eigenvalue weighted by molar-refractivity contribution is -0.672. The first-order chi connectivity index (χ1) is 9.69. The Bertz CT molecular complexity index is 729. The number of aryl methyl sites for hydroxylation is 2. The van der Waals surface area contributed by atoms with Crippen LogP contribution in [0.5, 0.6) is 0 Å².